The average Bonchev–Trinajstić information content (AvgIpc) is 3.16. The number of nitrogens with zero attached hydrogens (tertiary/aromatic N) is 2. The fourth-order valence-electron chi connectivity index (χ4n) is 2.72. The molecule has 2 aromatic heterocycles. The van der Waals surface area contributed by atoms with Gasteiger partial charge in [-0.15, -0.1) is 0 Å². The second kappa shape index (κ2) is 5.99. The van der Waals surface area contributed by atoms with E-state index in [2.05, 4.69) is 15.2 Å². The van der Waals surface area contributed by atoms with Crippen molar-refractivity contribution in [2.45, 2.75) is 31.6 Å². The second-order valence-electron chi connectivity index (χ2n) is 5.30. The Balaban J connectivity index is 1.48. The zero-order valence-electron chi connectivity index (χ0n) is 11.7. The molecule has 0 saturated carbocycles. The maximum Gasteiger partial charge on any atom is 0.340 e. The summed E-state index contributed by atoms with van der Waals surface area (Å²) in [4.78, 5) is 27.8. The Morgan fingerprint density at radius 2 is 2.24 bits per heavy atom. The number of aromatic amines is 2. The topological polar surface area (TPSA) is 95.0 Å². The van der Waals surface area contributed by atoms with Crippen LogP contribution >= 0.6 is 0 Å². The van der Waals surface area contributed by atoms with E-state index in [4.69, 9.17) is 4.42 Å². The molecule has 1 fully saturated rings. The van der Waals surface area contributed by atoms with Gasteiger partial charge in [-0.05, 0) is 25.0 Å². The van der Waals surface area contributed by atoms with Crippen LogP contribution in [-0.4, -0.2) is 39.1 Å². The van der Waals surface area contributed by atoms with Crippen LogP contribution in [0.3, 0.4) is 0 Å². The number of rotatable bonds is 4. The predicted octanol–water partition coefficient (Wildman–Crippen LogP) is 1.03. The SMILES string of the molecule is O=C(CCc1ccco1)N1CCC(c2n[nH]c(=O)[nH]2)CC1. The Bertz CT molecular complexity index is 635. The van der Waals surface area contributed by atoms with Gasteiger partial charge < -0.3 is 9.32 Å². The summed E-state index contributed by atoms with van der Waals surface area (Å²) in [5, 5.41) is 6.35. The van der Waals surface area contributed by atoms with E-state index in [0.717, 1.165) is 18.6 Å². The molecule has 0 aromatic carbocycles. The second-order valence-corrected chi connectivity index (χ2v) is 5.30. The molecular weight excluding hydrogens is 272 g/mol. The van der Waals surface area contributed by atoms with E-state index >= 15 is 0 Å². The van der Waals surface area contributed by atoms with Gasteiger partial charge in [-0.3, -0.25) is 9.78 Å². The van der Waals surface area contributed by atoms with Gasteiger partial charge in [0.05, 0.1) is 6.26 Å². The smallest absolute Gasteiger partial charge is 0.340 e. The van der Waals surface area contributed by atoms with Crippen molar-refractivity contribution in [2.75, 3.05) is 13.1 Å². The molecule has 1 aliphatic heterocycles. The number of aryl methyl sites for hydroxylation is 1. The van der Waals surface area contributed by atoms with Gasteiger partial charge in [0, 0.05) is 31.8 Å². The number of likely N-dealkylation sites (tertiary alicyclic amines) is 1. The van der Waals surface area contributed by atoms with E-state index in [1.165, 1.54) is 0 Å². The number of hydrogen-bond acceptors (Lipinski definition) is 4. The van der Waals surface area contributed by atoms with E-state index in [-0.39, 0.29) is 17.5 Å². The number of H-pyrrole nitrogens is 2. The van der Waals surface area contributed by atoms with Crippen molar-refractivity contribution in [2.24, 2.45) is 0 Å². The van der Waals surface area contributed by atoms with Gasteiger partial charge in [0.2, 0.25) is 5.91 Å². The van der Waals surface area contributed by atoms with Crippen molar-refractivity contribution in [3.8, 4) is 0 Å². The van der Waals surface area contributed by atoms with Crippen molar-refractivity contribution >= 4 is 5.91 Å². The summed E-state index contributed by atoms with van der Waals surface area (Å²) in [5.41, 5.74) is -0.276. The van der Waals surface area contributed by atoms with Gasteiger partial charge in [-0.1, -0.05) is 0 Å². The molecule has 2 N–H and O–H groups in total. The van der Waals surface area contributed by atoms with Crippen molar-refractivity contribution < 1.29 is 9.21 Å². The van der Waals surface area contributed by atoms with Gasteiger partial charge in [0.15, 0.2) is 0 Å². The van der Waals surface area contributed by atoms with Crippen LogP contribution in [-0.2, 0) is 11.2 Å². The van der Waals surface area contributed by atoms with E-state index < -0.39 is 0 Å². The zero-order valence-corrected chi connectivity index (χ0v) is 11.7. The lowest BCUT2D eigenvalue weighted by Crippen LogP contribution is -2.38. The van der Waals surface area contributed by atoms with Crippen LogP contribution in [0.5, 0.6) is 0 Å². The minimum Gasteiger partial charge on any atom is -0.469 e. The molecule has 7 heteroatoms. The summed E-state index contributed by atoms with van der Waals surface area (Å²) in [6, 6.07) is 3.71. The number of furan rings is 1. The predicted molar refractivity (Wildman–Crippen MR) is 74.8 cm³/mol. The molecule has 0 radical (unpaired) electrons. The molecule has 3 rings (SSSR count). The Morgan fingerprint density at radius 1 is 1.43 bits per heavy atom. The van der Waals surface area contributed by atoms with Crippen LogP contribution in [0.4, 0.5) is 0 Å². The van der Waals surface area contributed by atoms with Crippen LogP contribution in [0.25, 0.3) is 0 Å². The van der Waals surface area contributed by atoms with Crippen LogP contribution < -0.4 is 5.69 Å². The summed E-state index contributed by atoms with van der Waals surface area (Å²) >= 11 is 0. The molecule has 0 spiro atoms. The lowest BCUT2D eigenvalue weighted by molar-refractivity contribution is -0.132. The highest BCUT2D eigenvalue weighted by Gasteiger charge is 2.25. The average molecular weight is 290 g/mol. The summed E-state index contributed by atoms with van der Waals surface area (Å²) in [5.74, 6) is 1.91. The normalized spacial score (nSPS) is 16.3. The number of piperidine rings is 1. The van der Waals surface area contributed by atoms with Crippen molar-refractivity contribution in [1.82, 2.24) is 20.1 Å². The summed E-state index contributed by atoms with van der Waals surface area (Å²) in [6.45, 7) is 1.41. The van der Waals surface area contributed by atoms with Crippen molar-refractivity contribution in [3.63, 3.8) is 0 Å². The zero-order chi connectivity index (χ0) is 14.7. The van der Waals surface area contributed by atoms with Crippen LogP contribution in [0.2, 0.25) is 0 Å². The molecule has 1 saturated heterocycles. The van der Waals surface area contributed by atoms with Crippen molar-refractivity contribution in [1.29, 1.82) is 0 Å². The first-order valence-electron chi connectivity index (χ1n) is 7.17. The largest absolute Gasteiger partial charge is 0.469 e. The van der Waals surface area contributed by atoms with E-state index in [1.807, 2.05) is 17.0 Å². The summed E-state index contributed by atoms with van der Waals surface area (Å²) in [7, 11) is 0. The van der Waals surface area contributed by atoms with Gasteiger partial charge >= 0.3 is 5.69 Å². The molecule has 0 unspecified atom stereocenters. The molecule has 7 nitrogen and oxygen atoms in total. The van der Waals surface area contributed by atoms with Gasteiger partial charge in [0.25, 0.3) is 0 Å². The third-order valence-electron chi connectivity index (χ3n) is 3.92. The fourth-order valence-corrected chi connectivity index (χ4v) is 2.72. The first-order chi connectivity index (χ1) is 10.2. The fraction of sp³-hybridized carbons (Fsp3) is 0.500. The molecule has 0 aliphatic carbocycles. The lowest BCUT2D eigenvalue weighted by atomic mass is 9.96. The number of hydrogen-bond donors (Lipinski definition) is 2. The number of nitrogens with one attached hydrogen (secondary N) is 2. The van der Waals surface area contributed by atoms with E-state index in [1.54, 1.807) is 6.26 Å². The van der Waals surface area contributed by atoms with E-state index in [9.17, 15) is 9.59 Å². The highest BCUT2D eigenvalue weighted by molar-refractivity contribution is 5.76. The maximum atomic E-state index is 12.1. The number of carbonyl (C=O) groups excluding carboxylic acids is 1. The summed E-state index contributed by atoms with van der Waals surface area (Å²) in [6.07, 6.45) is 4.38. The van der Waals surface area contributed by atoms with E-state index in [0.29, 0.717) is 31.8 Å². The highest BCUT2D eigenvalue weighted by atomic mass is 16.3. The first-order valence-corrected chi connectivity index (χ1v) is 7.17. The Morgan fingerprint density at radius 3 is 2.86 bits per heavy atom. The summed E-state index contributed by atoms with van der Waals surface area (Å²) < 4.78 is 5.23. The van der Waals surface area contributed by atoms with Crippen LogP contribution in [0.15, 0.2) is 27.6 Å². The Labute approximate surface area is 121 Å². The van der Waals surface area contributed by atoms with Crippen LogP contribution in [0, 0.1) is 0 Å². The molecule has 112 valence electrons. The Hall–Kier alpha value is -2.31. The van der Waals surface area contributed by atoms with Crippen molar-refractivity contribution in [3.05, 3.63) is 40.5 Å². The Kier molecular flexibility index (Phi) is 3.89. The van der Waals surface area contributed by atoms with Gasteiger partial charge in [-0.2, -0.15) is 5.10 Å². The number of amides is 1. The third-order valence-corrected chi connectivity index (χ3v) is 3.92. The molecule has 3 heterocycles. The molecule has 2 aromatic rings. The number of carbonyl (C=O) groups is 1. The molecular formula is C14H18N4O3. The molecule has 0 atom stereocenters. The highest BCUT2D eigenvalue weighted by Crippen LogP contribution is 2.25. The molecule has 1 amide bonds. The maximum absolute atomic E-state index is 12.1. The van der Waals surface area contributed by atoms with Gasteiger partial charge in [0.1, 0.15) is 11.6 Å². The standard InChI is InChI=1S/C14H18N4O3/c19-12(4-3-11-2-1-9-21-11)18-7-5-10(6-8-18)13-15-14(20)17-16-13/h1-2,9-10H,3-8H2,(H2,15,16,17,20). The molecule has 21 heavy (non-hydrogen) atoms. The van der Waals surface area contributed by atoms with Crippen LogP contribution in [0.1, 0.15) is 36.8 Å². The van der Waals surface area contributed by atoms with Gasteiger partial charge in [-0.25, -0.2) is 9.89 Å². The number of aromatic nitrogens is 3. The quantitative estimate of drug-likeness (QED) is 0.879. The molecule has 0 bridgehead atoms. The minimum atomic E-state index is -0.276. The third kappa shape index (κ3) is 3.24. The lowest BCUT2D eigenvalue weighted by Gasteiger charge is -2.31. The molecule has 1 aliphatic rings. The monoisotopic (exact) mass is 290 g/mol. The minimum absolute atomic E-state index is 0.153. The first kappa shape index (κ1) is 13.7.